The largest absolute Gasteiger partial charge is 0.468 e. The molecule has 0 amide bonds. The van der Waals surface area contributed by atoms with Gasteiger partial charge in [0, 0.05) is 23.7 Å². The van der Waals surface area contributed by atoms with Gasteiger partial charge in [0.25, 0.3) is 0 Å². The lowest BCUT2D eigenvalue weighted by molar-refractivity contribution is -0.142. The Morgan fingerprint density at radius 2 is 2.50 bits per heavy atom. The predicted molar refractivity (Wildman–Crippen MR) is 61.5 cm³/mol. The highest BCUT2D eigenvalue weighted by Gasteiger charge is 2.19. The summed E-state index contributed by atoms with van der Waals surface area (Å²) >= 11 is 1.56. The van der Waals surface area contributed by atoms with E-state index in [4.69, 9.17) is 5.73 Å². The van der Waals surface area contributed by atoms with Gasteiger partial charge in [0.2, 0.25) is 0 Å². The first-order chi connectivity index (χ1) is 7.63. The van der Waals surface area contributed by atoms with Crippen molar-refractivity contribution in [2.75, 3.05) is 7.11 Å². The van der Waals surface area contributed by atoms with Gasteiger partial charge >= 0.3 is 5.97 Å². The highest BCUT2D eigenvalue weighted by Crippen LogP contribution is 2.17. The van der Waals surface area contributed by atoms with Gasteiger partial charge in [-0.15, -0.1) is 11.3 Å². The van der Waals surface area contributed by atoms with Crippen LogP contribution in [0.15, 0.2) is 11.6 Å². The third-order valence-corrected chi connectivity index (χ3v) is 3.24. The second kappa shape index (κ2) is 4.23. The van der Waals surface area contributed by atoms with E-state index >= 15 is 0 Å². The topological polar surface area (TPSA) is 69.6 Å². The number of rotatable bonds is 3. The third-order valence-electron chi connectivity index (χ3n) is 2.48. The van der Waals surface area contributed by atoms with Crippen molar-refractivity contribution in [3.63, 3.8) is 0 Å². The second-order valence-corrected chi connectivity index (χ2v) is 4.41. The van der Waals surface area contributed by atoms with E-state index in [2.05, 4.69) is 9.72 Å². The summed E-state index contributed by atoms with van der Waals surface area (Å²) in [4.78, 5) is 16.6. The first-order valence-corrected chi connectivity index (χ1v) is 5.76. The van der Waals surface area contributed by atoms with Gasteiger partial charge in [0.1, 0.15) is 6.04 Å². The standard InChI is InChI=1S/C10H13N3O2S/c1-6-8(5-7(11)9(14)15-2)13-3-4-16-10(13)12-6/h3-4,7H,5,11H2,1-2H3. The quantitative estimate of drug-likeness (QED) is 0.802. The maximum absolute atomic E-state index is 11.2. The molecule has 1 unspecified atom stereocenters. The van der Waals surface area contributed by atoms with Gasteiger partial charge in [-0.1, -0.05) is 0 Å². The SMILES string of the molecule is COC(=O)C(N)Cc1c(C)nc2sccn12. The molecule has 6 heteroatoms. The summed E-state index contributed by atoms with van der Waals surface area (Å²) in [6.45, 7) is 1.92. The van der Waals surface area contributed by atoms with E-state index in [1.165, 1.54) is 7.11 Å². The average molecular weight is 239 g/mol. The van der Waals surface area contributed by atoms with E-state index in [0.717, 1.165) is 16.3 Å². The van der Waals surface area contributed by atoms with Crippen molar-refractivity contribution in [1.29, 1.82) is 0 Å². The van der Waals surface area contributed by atoms with Crippen molar-refractivity contribution in [3.05, 3.63) is 23.0 Å². The van der Waals surface area contributed by atoms with Crippen LogP contribution in [0, 0.1) is 6.92 Å². The fourth-order valence-electron chi connectivity index (χ4n) is 1.63. The Morgan fingerprint density at radius 3 is 3.19 bits per heavy atom. The molecular formula is C10H13N3O2S. The Morgan fingerprint density at radius 1 is 1.75 bits per heavy atom. The number of aryl methyl sites for hydroxylation is 1. The number of aromatic nitrogens is 2. The van der Waals surface area contributed by atoms with Gasteiger partial charge in [0.05, 0.1) is 12.8 Å². The number of esters is 1. The lowest BCUT2D eigenvalue weighted by atomic mass is 10.1. The van der Waals surface area contributed by atoms with E-state index < -0.39 is 12.0 Å². The zero-order chi connectivity index (χ0) is 11.7. The van der Waals surface area contributed by atoms with Crippen LogP contribution in [0.25, 0.3) is 4.96 Å². The minimum Gasteiger partial charge on any atom is -0.468 e. The Hall–Kier alpha value is -1.40. The van der Waals surface area contributed by atoms with E-state index in [9.17, 15) is 4.79 Å². The predicted octanol–water partition coefficient (Wildman–Crippen LogP) is 0.747. The van der Waals surface area contributed by atoms with Crippen molar-refractivity contribution in [2.45, 2.75) is 19.4 Å². The molecule has 86 valence electrons. The zero-order valence-electron chi connectivity index (χ0n) is 9.14. The van der Waals surface area contributed by atoms with E-state index in [1.807, 2.05) is 22.9 Å². The first kappa shape index (κ1) is 11.1. The number of thiazole rings is 1. The van der Waals surface area contributed by atoms with Gasteiger partial charge in [0.15, 0.2) is 4.96 Å². The molecule has 0 aliphatic rings. The molecule has 0 spiro atoms. The van der Waals surface area contributed by atoms with Crippen molar-refractivity contribution in [1.82, 2.24) is 9.38 Å². The number of hydrogen-bond donors (Lipinski definition) is 1. The number of imidazole rings is 1. The monoisotopic (exact) mass is 239 g/mol. The molecule has 0 saturated heterocycles. The molecule has 2 rings (SSSR count). The van der Waals surface area contributed by atoms with Gasteiger partial charge in [-0.05, 0) is 6.92 Å². The molecule has 1 atom stereocenters. The number of nitrogens with zero attached hydrogens (tertiary/aromatic N) is 2. The van der Waals surface area contributed by atoms with Crippen LogP contribution in [0.2, 0.25) is 0 Å². The van der Waals surface area contributed by atoms with Crippen LogP contribution >= 0.6 is 11.3 Å². The molecule has 2 aromatic rings. The van der Waals surface area contributed by atoms with Gasteiger partial charge in [-0.25, -0.2) is 4.98 Å². The van der Waals surface area contributed by atoms with Crippen LogP contribution in [0.4, 0.5) is 0 Å². The Bertz CT molecular complexity index is 517. The molecule has 2 aromatic heterocycles. The Balaban J connectivity index is 2.29. The zero-order valence-corrected chi connectivity index (χ0v) is 9.95. The maximum atomic E-state index is 11.2. The Labute approximate surface area is 96.8 Å². The number of nitrogens with two attached hydrogens (primary N) is 1. The van der Waals surface area contributed by atoms with Crippen molar-refractivity contribution in [3.8, 4) is 0 Å². The van der Waals surface area contributed by atoms with Crippen LogP contribution in [-0.4, -0.2) is 28.5 Å². The molecule has 0 aliphatic heterocycles. The maximum Gasteiger partial charge on any atom is 0.323 e. The minimum absolute atomic E-state index is 0.399. The smallest absolute Gasteiger partial charge is 0.323 e. The number of ether oxygens (including phenoxy) is 1. The van der Waals surface area contributed by atoms with Crippen LogP contribution in [0.1, 0.15) is 11.4 Å². The fourth-order valence-corrected chi connectivity index (χ4v) is 2.41. The number of hydrogen-bond acceptors (Lipinski definition) is 5. The summed E-state index contributed by atoms with van der Waals surface area (Å²) in [6.07, 6.45) is 2.37. The summed E-state index contributed by atoms with van der Waals surface area (Å²) < 4.78 is 6.56. The average Bonchev–Trinajstić information content (AvgIpc) is 2.81. The summed E-state index contributed by atoms with van der Waals surface area (Å²) in [5, 5.41) is 1.95. The second-order valence-electron chi connectivity index (χ2n) is 3.53. The normalized spacial score (nSPS) is 12.9. The molecule has 0 saturated carbocycles. The molecule has 0 fully saturated rings. The van der Waals surface area contributed by atoms with Crippen LogP contribution in [0.3, 0.4) is 0 Å². The van der Waals surface area contributed by atoms with Crippen molar-refractivity contribution in [2.24, 2.45) is 5.73 Å². The van der Waals surface area contributed by atoms with Gasteiger partial charge in [-0.2, -0.15) is 0 Å². The minimum atomic E-state index is -0.636. The van der Waals surface area contributed by atoms with Gasteiger partial charge in [-0.3, -0.25) is 9.20 Å². The first-order valence-electron chi connectivity index (χ1n) is 4.88. The molecule has 16 heavy (non-hydrogen) atoms. The van der Waals surface area contributed by atoms with E-state index in [0.29, 0.717) is 6.42 Å². The highest BCUT2D eigenvalue weighted by molar-refractivity contribution is 7.15. The van der Waals surface area contributed by atoms with E-state index in [-0.39, 0.29) is 0 Å². The number of carbonyl (C=O) groups excluding carboxylic acids is 1. The van der Waals surface area contributed by atoms with E-state index in [1.54, 1.807) is 11.3 Å². The van der Waals surface area contributed by atoms with Crippen LogP contribution in [0.5, 0.6) is 0 Å². The summed E-state index contributed by atoms with van der Waals surface area (Å²) in [5.41, 5.74) is 7.61. The van der Waals surface area contributed by atoms with Crippen molar-refractivity contribution < 1.29 is 9.53 Å². The van der Waals surface area contributed by atoms with Crippen LogP contribution in [-0.2, 0) is 16.0 Å². The molecule has 0 radical (unpaired) electrons. The molecule has 0 aromatic carbocycles. The number of fused-ring (bicyclic) bond motifs is 1. The van der Waals surface area contributed by atoms with Crippen LogP contribution < -0.4 is 5.73 Å². The molecular weight excluding hydrogens is 226 g/mol. The van der Waals surface area contributed by atoms with Gasteiger partial charge < -0.3 is 10.5 Å². The number of carbonyl (C=O) groups is 1. The molecule has 0 aliphatic carbocycles. The summed E-state index contributed by atoms with van der Waals surface area (Å²) in [7, 11) is 1.34. The molecule has 2 heterocycles. The third kappa shape index (κ3) is 1.81. The Kier molecular flexibility index (Phi) is 2.93. The summed E-state index contributed by atoms with van der Waals surface area (Å²) in [5.74, 6) is -0.399. The fraction of sp³-hybridized carbons (Fsp3) is 0.400. The highest BCUT2D eigenvalue weighted by atomic mass is 32.1. The number of methoxy groups -OCH3 is 1. The molecule has 5 nitrogen and oxygen atoms in total. The van der Waals surface area contributed by atoms with Crippen molar-refractivity contribution >= 4 is 22.3 Å². The molecule has 0 bridgehead atoms. The summed E-state index contributed by atoms with van der Waals surface area (Å²) in [6, 6.07) is -0.636. The lowest BCUT2D eigenvalue weighted by Gasteiger charge is -2.08. The lowest BCUT2D eigenvalue weighted by Crippen LogP contribution is -2.34. The molecule has 2 N–H and O–H groups in total.